The largest absolute Gasteiger partial charge is 0.396 e. The number of amides is 1. The van der Waals surface area contributed by atoms with E-state index in [-0.39, 0.29) is 30.4 Å². The maximum absolute atomic E-state index is 12.1. The van der Waals surface area contributed by atoms with Crippen LogP contribution in [0.15, 0.2) is 18.3 Å². The van der Waals surface area contributed by atoms with Crippen LogP contribution in [0.3, 0.4) is 0 Å². The highest BCUT2D eigenvalue weighted by Gasteiger charge is 2.35. The third kappa shape index (κ3) is 3.14. The topological polar surface area (TPSA) is 57.5 Å². The van der Waals surface area contributed by atoms with E-state index in [1.165, 1.54) is 12.1 Å². The fraction of sp³-hybridized carbons (Fsp3) is 0.688. The lowest BCUT2D eigenvalue weighted by atomic mass is 9.84. The van der Waals surface area contributed by atoms with Gasteiger partial charge in [-0.25, -0.2) is 0 Å². The summed E-state index contributed by atoms with van der Waals surface area (Å²) in [5.74, 6) is 0.547. The first kappa shape index (κ1) is 14.6. The van der Waals surface area contributed by atoms with Crippen LogP contribution in [0.5, 0.6) is 0 Å². The Kier molecular flexibility index (Phi) is 4.31. The Bertz CT molecular complexity index is 495. The molecule has 1 amide bonds. The number of carbonyl (C=O) groups excluding carboxylic acids is 1. The van der Waals surface area contributed by atoms with Crippen molar-refractivity contribution in [3.8, 4) is 0 Å². The lowest BCUT2D eigenvalue weighted by molar-refractivity contribution is -0.128. The molecule has 5 nitrogen and oxygen atoms in total. The summed E-state index contributed by atoms with van der Waals surface area (Å²) in [6, 6.07) is 4.25. The second-order valence-electron chi connectivity index (χ2n) is 6.49. The predicted molar refractivity (Wildman–Crippen MR) is 80.5 cm³/mol. The van der Waals surface area contributed by atoms with Crippen molar-refractivity contribution in [2.45, 2.75) is 31.8 Å². The second-order valence-corrected chi connectivity index (χ2v) is 6.49. The summed E-state index contributed by atoms with van der Waals surface area (Å²) < 4.78 is 2.12. The van der Waals surface area contributed by atoms with Crippen LogP contribution < -0.4 is 5.32 Å². The van der Waals surface area contributed by atoms with Gasteiger partial charge in [-0.15, -0.1) is 0 Å². The number of likely N-dealkylation sites (tertiary alicyclic amines) is 1. The van der Waals surface area contributed by atoms with E-state index in [1.54, 1.807) is 0 Å². The molecule has 0 unspecified atom stereocenters. The number of rotatable bonds is 5. The minimum absolute atomic E-state index is 0.0865. The molecule has 5 heteroatoms. The van der Waals surface area contributed by atoms with E-state index >= 15 is 0 Å². The van der Waals surface area contributed by atoms with Gasteiger partial charge in [-0.3, -0.25) is 9.69 Å². The Balaban J connectivity index is 1.57. The average molecular weight is 291 g/mol. The number of aromatic nitrogens is 1. The quantitative estimate of drug-likeness (QED) is 0.841. The zero-order valence-electron chi connectivity index (χ0n) is 12.7. The molecule has 0 radical (unpaired) electrons. The van der Waals surface area contributed by atoms with E-state index in [1.807, 2.05) is 19.3 Å². The Morgan fingerprint density at radius 3 is 2.81 bits per heavy atom. The maximum atomic E-state index is 12.1. The molecule has 2 heterocycles. The van der Waals surface area contributed by atoms with Crippen LogP contribution in [0.4, 0.5) is 0 Å². The van der Waals surface area contributed by atoms with Crippen molar-refractivity contribution < 1.29 is 9.90 Å². The number of nitrogens with one attached hydrogen (secondary N) is 1. The molecule has 2 aliphatic rings. The van der Waals surface area contributed by atoms with Crippen LogP contribution in [0, 0.1) is 11.8 Å². The normalized spacial score (nSPS) is 26.8. The van der Waals surface area contributed by atoms with E-state index in [0.717, 1.165) is 32.5 Å². The number of aliphatic hydroxyl groups is 1. The smallest absolute Gasteiger partial charge is 0.223 e. The van der Waals surface area contributed by atoms with Gasteiger partial charge in [0.15, 0.2) is 0 Å². The van der Waals surface area contributed by atoms with E-state index in [0.29, 0.717) is 0 Å². The fourth-order valence-corrected chi connectivity index (χ4v) is 3.30. The fourth-order valence-electron chi connectivity index (χ4n) is 3.30. The maximum Gasteiger partial charge on any atom is 0.223 e. The van der Waals surface area contributed by atoms with Crippen molar-refractivity contribution in [2.24, 2.45) is 18.9 Å². The lowest BCUT2D eigenvalue weighted by Gasteiger charge is -2.27. The van der Waals surface area contributed by atoms with Gasteiger partial charge in [0, 0.05) is 63.1 Å². The van der Waals surface area contributed by atoms with Crippen LogP contribution in [0.25, 0.3) is 0 Å². The summed E-state index contributed by atoms with van der Waals surface area (Å²) in [6.45, 7) is 2.68. The van der Waals surface area contributed by atoms with Crippen molar-refractivity contribution in [1.29, 1.82) is 0 Å². The van der Waals surface area contributed by atoms with Crippen LogP contribution >= 0.6 is 0 Å². The molecule has 0 aromatic carbocycles. The first-order valence-corrected chi connectivity index (χ1v) is 7.91. The molecule has 1 saturated heterocycles. The molecule has 2 fully saturated rings. The Labute approximate surface area is 125 Å². The molecule has 2 N–H and O–H groups in total. The Morgan fingerprint density at radius 1 is 1.43 bits per heavy atom. The van der Waals surface area contributed by atoms with E-state index in [2.05, 4.69) is 20.9 Å². The molecule has 2 atom stereocenters. The first-order valence-electron chi connectivity index (χ1n) is 7.91. The minimum atomic E-state index is 0.0865. The van der Waals surface area contributed by atoms with Gasteiger partial charge in [-0.1, -0.05) is 6.42 Å². The molecule has 0 bridgehead atoms. The predicted octanol–water partition coefficient (Wildman–Crippen LogP) is 0.734. The number of hydrogen-bond acceptors (Lipinski definition) is 3. The zero-order chi connectivity index (χ0) is 14.8. The van der Waals surface area contributed by atoms with E-state index in [9.17, 15) is 9.90 Å². The monoisotopic (exact) mass is 291 g/mol. The summed E-state index contributed by atoms with van der Waals surface area (Å²) in [7, 11) is 2.05. The van der Waals surface area contributed by atoms with Gasteiger partial charge in [0.2, 0.25) is 5.91 Å². The van der Waals surface area contributed by atoms with E-state index in [4.69, 9.17) is 0 Å². The summed E-state index contributed by atoms with van der Waals surface area (Å²) >= 11 is 0. The van der Waals surface area contributed by atoms with Gasteiger partial charge in [-0.05, 0) is 25.0 Å². The van der Waals surface area contributed by atoms with E-state index < -0.39 is 0 Å². The minimum Gasteiger partial charge on any atom is -0.396 e. The SMILES string of the molecule is Cn1cccc1CN1C[C@@H](CO)[C@H](NC(=O)C2CCC2)C1. The number of carbonyl (C=O) groups is 1. The highest BCUT2D eigenvalue weighted by molar-refractivity contribution is 5.79. The van der Waals surface area contributed by atoms with Crippen molar-refractivity contribution in [3.63, 3.8) is 0 Å². The number of hydrogen-bond donors (Lipinski definition) is 2. The molecule has 1 aliphatic carbocycles. The summed E-state index contributed by atoms with van der Waals surface area (Å²) in [5, 5.41) is 12.7. The van der Waals surface area contributed by atoms with Crippen LogP contribution in [0.2, 0.25) is 0 Å². The van der Waals surface area contributed by atoms with Gasteiger partial charge >= 0.3 is 0 Å². The summed E-state index contributed by atoms with van der Waals surface area (Å²) in [4.78, 5) is 14.4. The molecule has 3 rings (SSSR count). The Morgan fingerprint density at radius 2 is 2.24 bits per heavy atom. The highest BCUT2D eigenvalue weighted by atomic mass is 16.3. The van der Waals surface area contributed by atoms with Crippen molar-refractivity contribution >= 4 is 5.91 Å². The lowest BCUT2D eigenvalue weighted by Crippen LogP contribution is -2.45. The molecule has 116 valence electrons. The molecule has 0 spiro atoms. The zero-order valence-corrected chi connectivity index (χ0v) is 12.7. The van der Waals surface area contributed by atoms with Gasteiger partial charge in [0.05, 0.1) is 0 Å². The molecular weight excluding hydrogens is 266 g/mol. The molecular formula is C16H25N3O2. The third-order valence-electron chi connectivity index (χ3n) is 4.99. The van der Waals surface area contributed by atoms with Gasteiger partial charge in [0.25, 0.3) is 0 Å². The van der Waals surface area contributed by atoms with Crippen molar-refractivity contribution in [3.05, 3.63) is 24.0 Å². The second kappa shape index (κ2) is 6.20. The molecule has 1 aromatic rings. The Hall–Kier alpha value is -1.33. The van der Waals surface area contributed by atoms with Crippen LogP contribution in [0.1, 0.15) is 25.0 Å². The average Bonchev–Trinajstić information content (AvgIpc) is 2.95. The number of aliphatic hydroxyl groups excluding tert-OH is 1. The van der Waals surface area contributed by atoms with Crippen LogP contribution in [-0.4, -0.2) is 46.2 Å². The first-order chi connectivity index (χ1) is 10.2. The molecule has 1 saturated carbocycles. The molecule has 1 aliphatic heterocycles. The van der Waals surface area contributed by atoms with Gasteiger partial charge in [0.1, 0.15) is 0 Å². The molecule has 21 heavy (non-hydrogen) atoms. The number of nitrogens with zero attached hydrogens (tertiary/aromatic N) is 2. The summed E-state index contributed by atoms with van der Waals surface area (Å²) in [5.41, 5.74) is 1.26. The number of aryl methyl sites for hydroxylation is 1. The van der Waals surface area contributed by atoms with Crippen molar-refractivity contribution in [1.82, 2.24) is 14.8 Å². The van der Waals surface area contributed by atoms with Gasteiger partial charge < -0.3 is 15.0 Å². The standard InChI is InChI=1S/C16H25N3O2/c1-18-7-3-6-14(18)9-19-8-13(11-20)15(10-19)17-16(21)12-4-2-5-12/h3,6-7,12-13,15,20H,2,4-5,8-11H2,1H3,(H,17,21)/t13-,15+/m0/s1. The highest BCUT2D eigenvalue weighted by Crippen LogP contribution is 2.27. The molecule has 1 aromatic heterocycles. The third-order valence-corrected chi connectivity index (χ3v) is 4.99. The van der Waals surface area contributed by atoms with Crippen molar-refractivity contribution in [2.75, 3.05) is 19.7 Å². The van der Waals surface area contributed by atoms with Crippen LogP contribution in [-0.2, 0) is 18.4 Å². The van der Waals surface area contributed by atoms with Gasteiger partial charge in [-0.2, -0.15) is 0 Å². The summed E-state index contributed by atoms with van der Waals surface area (Å²) in [6.07, 6.45) is 5.27.